The molecule has 2 saturated heterocycles. The van der Waals surface area contributed by atoms with Crippen LogP contribution in [0, 0.1) is 0 Å². The van der Waals surface area contributed by atoms with Gasteiger partial charge in [-0.25, -0.2) is 0 Å². The molecule has 7 nitrogen and oxygen atoms in total. The predicted octanol–water partition coefficient (Wildman–Crippen LogP) is 6.72. The minimum Gasteiger partial charge on any atom is -0.488 e. The van der Waals surface area contributed by atoms with Crippen LogP contribution in [0.3, 0.4) is 0 Å². The first-order valence-corrected chi connectivity index (χ1v) is 14.8. The van der Waals surface area contributed by atoms with Crippen molar-refractivity contribution >= 4 is 79.7 Å². The van der Waals surface area contributed by atoms with E-state index in [1.54, 1.807) is 35.2 Å². The second-order valence-corrected chi connectivity index (χ2v) is 11.9. The van der Waals surface area contributed by atoms with Crippen LogP contribution in [-0.2, 0) is 16.2 Å². The summed E-state index contributed by atoms with van der Waals surface area (Å²) in [6.07, 6.45) is 1.61. The fourth-order valence-corrected chi connectivity index (χ4v) is 5.95. The van der Waals surface area contributed by atoms with Crippen molar-refractivity contribution < 1.29 is 19.1 Å². The van der Waals surface area contributed by atoms with E-state index in [0.29, 0.717) is 47.5 Å². The van der Waals surface area contributed by atoms with E-state index in [9.17, 15) is 14.4 Å². The van der Waals surface area contributed by atoms with Crippen molar-refractivity contribution in [2.45, 2.75) is 6.61 Å². The lowest BCUT2D eigenvalue weighted by molar-refractivity contribution is -0.136. The van der Waals surface area contributed by atoms with Crippen molar-refractivity contribution in [2.24, 2.45) is 0 Å². The first kappa shape index (κ1) is 28.5. The van der Waals surface area contributed by atoms with Crippen LogP contribution < -0.4 is 9.64 Å². The molecule has 2 fully saturated rings. The smallest absolute Gasteiger partial charge is 0.294 e. The van der Waals surface area contributed by atoms with Crippen LogP contribution in [0.2, 0.25) is 10.0 Å². The molecule has 0 aromatic heterocycles. The Balaban J connectivity index is 1.24. The van der Waals surface area contributed by atoms with Gasteiger partial charge in [0.25, 0.3) is 11.1 Å². The Bertz CT molecular complexity index is 1480. The molecule has 11 heteroatoms. The van der Waals surface area contributed by atoms with Crippen molar-refractivity contribution in [1.29, 1.82) is 0 Å². The van der Waals surface area contributed by atoms with Gasteiger partial charge in [0.1, 0.15) is 18.9 Å². The summed E-state index contributed by atoms with van der Waals surface area (Å²) in [6.45, 7) is 2.37. The van der Waals surface area contributed by atoms with Crippen LogP contribution in [0.4, 0.5) is 10.5 Å². The molecule has 206 valence electrons. The van der Waals surface area contributed by atoms with Crippen molar-refractivity contribution in [3.8, 4) is 5.75 Å². The zero-order valence-electron chi connectivity index (χ0n) is 21.2. The van der Waals surface area contributed by atoms with Gasteiger partial charge in [-0.1, -0.05) is 63.4 Å². The van der Waals surface area contributed by atoms with Crippen LogP contribution in [-0.4, -0.2) is 59.6 Å². The Labute approximate surface area is 254 Å². The number of benzene rings is 3. The van der Waals surface area contributed by atoms with Crippen LogP contribution in [0.1, 0.15) is 11.1 Å². The number of carbonyl (C=O) groups is 3. The van der Waals surface area contributed by atoms with Crippen molar-refractivity contribution in [2.75, 3.05) is 37.6 Å². The van der Waals surface area contributed by atoms with Gasteiger partial charge >= 0.3 is 0 Å². The minimum atomic E-state index is -0.498. The Kier molecular flexibility index (Phi) is 9.05. The first-order chi connectivity index (χ1) is 19.3. The fourth-order valence-electron chi connectivity index (χ4n) is 4.42. The largest absolute Gasteiger partial charge is 0.488 e. The normalized spacial score (nSPS) is 16.7. The molecule has 0 bridgehead atoms. The number of nitrogens with zero attached hydrogens (tertiary/aromatic N) is 3. The number of halogens is 3. The summed E-state index contributed by atoms with van der Waals surface area (Å²) in [6, 6.07) is 20.7. The molecule has 3 aromatic carbocycles. The van der Waals surface area contributed by atoms with Crippen molar-refractivity contribution in [1.82, 2.24) is 9.80 Å². The molecule has 0 atom stereocenters. The van der Waals surface area contributed by atoms with Crippen molar-refractivity contribution in [3.63, 3.8) is 0 Å². The van der Waals surface area contributed by atoms with E-state index in [1.165, 1.54) is 0 Å². The molecule has 3 amide bonds. The molecule has 40 heavy (non-hydrogen) atoms. The fraction of sp³-hybridized carbons (Fsp3) is 0.207. The van der Waals surface area contributed by atoms with Gasteiger partial charge in [-0.2, -0.15) is 0 Å². The standard InChI is InChI=1S/C29H24BrCl2N3O4S/c30-21-7-9-25(39-18-19-6-8-23(31)24(32)14-19)20(15-21)16-26-28(37)35(29(38)40-26)17-27(36)34-12-10-33(11-13-34)22-4-2-1-3-5-22/h1-9,14-16H,10-13,17-18H2/b26-16+. The maximum atomic E-state index is 13.2. The second kappa shape index (κ2) is 12.7. The average molecular weight is 661 g/mol. The number of hydrogen-bond acceptors (Lipinski definition) is 6. The maximum Gasteiger partial charge on any atom is 0.294 e. The maximum absolute atomic E-state index is 13.2. The number of amides is 3. The van der Waals surface area contributed by atoms with Gasteiger partial charge in [-0.15, -0.1) is 0 Å². The van der Waals surface area contributed by atoms with Crippen LogP contribution in [0.15, 0.2) is 76.1 Å². The van der Waals surface area contributed by atoms with Gasteiger partial charge in [0, 0.05) is 41.9 Å². The summed E-state index contributed by atoms with van der Waals surface area (Å²) >= 11 is 16.4. The van der Waals surface area contributed by atoms with Gasteiger partial charge in [0.15, 0.2) is 0 Å². The van der Waals surface area contributed by atoms with E-state index >= 15 is 0 Å². The third-order valence-corrected chi connectivity index (χ3v) is 8.70. The SMILES string of the molecule is O=C(CN1C(=O)S/C(=C/c2cc(Br)ccc2OCc2ccc(Cl)c(Cl)c2)C1=O)N1CCN(c2ccccc2)CC1. The number of imide groups is 1. The molecule has 0 saturated carbocycles. The number of carbonyl (C=O) groups excluding carboxylic acids is 3. The molecule has 2 aliphatic heterocycles. The van der Waals surface area contributed by atoms with E-state index in [2.05, 4.69) is 20.8 Å². The number of thioether (sulfide) groups is 1. The van der Waals surface area contributed by atoms with Crippen molar-refractivity contribution in [3.05, 3.63) is 97.3 Å². The Morgan fingerprint density at radius 1 is 0.950 bits per heavy atom. The second-order valence-electron chi connectivity index (χ2n) is 9.19. The summed E-state index contributed by atoms with van der Waals surface area (Å²) in [5.41, 5.74) is 2.55. The topological polar surface area (TPSA) is 70.2 Å². The summed E-state index contributed by atoms with van der Waals surface area (Å²) in [5.74, 6) is -0.223. The van der Waals surface area contributed by atoms with E-state index < -0.39 is 11.1 Å². The summed E-state index contributed by atoms with van der Waals surface area (Å²) < 4.78 is 6.79. The van der Waals surface area contributed by atoms with E-state index in [-0.39, 0.29) is 24.0 Å². The molecule has 3 aromatic rings. The molecular weight excluding hydrogens is 637 g/mol. The number of ether oxygens (including phenoxy) is 1. The molecule has 2 aliphatic rings. The number of piperazine rings is 1. The lowest BCUT2D eigenvalue weighted by Crippen LogP contribution is -2.51. The van der Waals surface area contributed by atoms with Gasteiger partial charge in [-0.3, -0.25) is 19.3 Å². The monoisotopic (exact) mass is 659 g/mol. The molecule has 5 rings (SSSR count). The Morgan fingerprint density at radius 3 is 2.42 bits per heavy atom. The van der Waals surface area contributed by atoms with E-state index in [4.69, 9.17) is 27.9 Å². The minimum absolute atomic E-state index is 0.226. The summed E-state index contributed by atoms with van der Waals surface area (Å²) in [5, 5.41) is 0.416. The predicted molar refractivity (Wildman–Crippen MR) is 163 cm³/mol. The third-order valence-electron chi connectivity index (χ3n) is 6.56. The number of anilines is 1. The van der Waals surface area contributed by atoms with E-state index in [1.807, 2.05) is 42.5 Å². The highest BCUT2D eigenvalue weighted by molar-refractivity contribution is 9.10. The highest BCUT2D eigenvalue weighted by Gasteiger charge is 2.37. The molecule has 0 N–H and O–H groups in total. The first-order valence-electron chi connectivity index (χ1n) is 12.5. The van der Waals surface area contributed by atoms with Gasteiger partial charge < -0.3 is 14.5 Å². The molecular formula is C29H24BrCl2N3O4S. The molecule has 0 aliphatic carbocycles. The van der Waals surface area contributed by atoms with Gasteiger partial charge in [-0.05, 0) is 65.9 Å². The molecule has 0 spiro atoms. The van der Waals surface area contributed by atoms with Crippen LogP contribution >= 0.6 is 50.9 Å². The summed E-state index contributed by atoms with van der Waals surface area (Å²) in [4.78, 5) is 44.1. The highest BCUT2D eigenvalue weighted by atomic mass is 79.9. The molecule has 2 heterocycles. The lowest BCUT2D eigenvalue weighted by atomic mass is 10.1. The number of hydrogen-bond donors (Lipinski definition) is 0. The zero-order valence-corrected chi connectivity index (χ0v) is 25.1. The number of para-hydroxylation sites is 1. The Morgan fingerprint density at radius 2 is 1.70 bits per heavy atom. The molecule has 0 unspecified atom stereocenters. The quantitative estimate of drug-likeness (QED) is 0.262. The van der Waals surface area contributed by atoms with Crippen LogP contribution in [0.25, 0.3) is 6.08 Å². The highest BCUT2D eigenvalue weighted by Crippen LogP contribution is 2.35. The lowest BCUT2D eigenvalue weighted by Gasteiger charge is -2.36. The van der Waals surface area contributed by atoms with Crippen LogP contribution in [0.5, 0.6) is 5.75 Å². The van der Waals surface area contributed by atoms with Gasteiger partial charge in [0.05, 0.1) is 15.0 Å². The van der Waals surface area contributed by atoms with Gasteiger partial charge in [0.2, 0.25) is 5.91 Å². The average Bonchev–Trinajstić information content (AvgIpc) is 3.22. The number of rotatable bonds is 7. The Hall–Kier alpha value is -2.98. The van der Waals surface area contributed by atoms with E-state index in [0.717, 1.165) is 32.4 Å². The summed E-state index contributed by atoms with van der Waals surface area (Å²) in [7, 11) is 0. The third kappa shape index (κ3) is 6.66. The molecule has 0 radical (unpaired) electrons. The zero-order chi connectivity index (χ0) is 28.2.